The number of aliphatic carboxylic acids is 2. The Labute approximate surface area is 88.5 Å². The van der Waals surface area contributed by atoms with Crippen LogP contribution in [0.2, 0.25) is 0 Å². The summed E-state index contributed by atoms with van der Waals surface area (Å²) in [5, 5.41) is 16.1. The predicted molar refractivity (Wildman–Crippen MR) is 58.6 cm³/mol. The van der Waals surface area contributed by atoms with E-state index in [2.05, 4.69) is 19.7 Å². The zero-order valence-corrected chi connectivity index (χ0v) is 8.56. The second kappa shape index (κ2) is 8.50. The molecule has 0 radical (unpaired) electrons. The zero-order chi connectivity index (χ0) is 12.4. The average molecular weight is 210 g/mol. The number of carbonyl (C=O) groups is 2. The fourth-order valence-corrected chi connectivity index (χ4v) is 0.255. The van der Waals surface area contributed by atoms with Crippen molar-refractivity contribution in [2.24, 2.45) is 0 Å². The van der Waals surface area contributed by atoms with Gasteiger partial charge in [-0.15, -0.1) is 0 Å². The number of hydrogen-bond acceptors (Lipinski definition) is 2. The van der Waals surface area contributed by atoms with Gasteiger partial charge < -0.3 is 10.2 Å². The molecule has 0 rings (SSSR count). The molecule has 82 valence electrons. The van der Waals surface area contributed by atoms with E-state index in [1.807, 2.05) is 0 Å². The van der Waals surface area contributed by atoms with Crippen LogP contribution in [0.3, 0.4) is 0 Å². The molecule has 0 aliphatic heterocycles. The van der Waals surface area contributed by atoms with Gasteiger partial charge in [0.05, 0.1) is 5.57 Å². The summed E-state index contributed by atoms with van der Waals surface area (Å²) in [6.07, 6.45) is 4.40. The maximum atomic E-state index is 10.0. The Kier molecular flexibility index (Phi) is 8.71. The maximum absolute atomic E-state index is 10.0. The highest BCUT2D eigenvalue weighted by atomic mass is 16.4. The molecule has 0 aliphatic carbocycles. The minimum Gasteiger partial charge on any atom is -0.478 e. The van der Waals surface area contributed by atoms with Crippen molar-refractivity contribution in [3.8, 4) is 0 Å². The van der Waals surface area contributed by atoms with Crippen molar-refractivity contribution in [1.29, 1.82) is 0 Å². The highest BCUT2D eigenvalue weighted by molar-refractivity contribution is 5.89. The molecule has 0 unspecified atom stereocenters. The number of allylic oxidation sites excluding steroid dienone is 2. The summed E-state index contributed by atoms with van der Waals surface area (Å²) < 4.78 is 0. The van der Waals surface area contributed by atoms with Crippen LogP contribution >= 0.6 is 0 Å². The fraction of sp³-hybridized carbons (Fsp3) is 0.0909. The Morgan fingerprint density at radius 2 is 1.53 bits per heavy atom. The van der Waals surface area contributed by atoms with Crippen LogP contribution in [0, 0.1) is 0 Å². The van der Waals surface area contributed by atoms with Crippen LogP contribution < -0.4 is 0 Å². The third kappa shape index (κ3) is 11.9. The number of hydrogen-bond donors (Lipinski definition) is 2. The monoisotopic (exact) mass is 210 g/mol. The molecule has 0 spiro atoms. The lowest BCUT2D eigenvalue weighted by molar-refractivity contribution is -0.133. The molecule has 0 atom stereocenters. The second-order valence-corrected chi connectivity index (χ2v) is 2.51. The zero-order valence-electron chi connectivity index (χ0n) is 8.56. The van der Waals surface area contributed by atoms with Gasteiger partial charge in [0.2, 0.25) is 0 Å². The van der Waals surface area contributed by atoms with E-state index < -0.39 is 11.9 Å². The van der Waals surface area contributed by atoms with Gasteiger partial charge in [0.25, 0.3) is 0 Å². The Hall–Kier alpha value is -2.10. The molecule has 15 heavy (non-hydrogen) atoms. The van der Waals surface area contributed by atoms with E-state index in [4.69, 9.17) is 10.2 Å². The van der Waals surface area contributed by atoms with Gasteiger partial charge in [-0.1, -0.05) is 31.9 Å². The molecule has 4 heteroatoms. The second-order valence-electron chi connectivity index (χ2n) is 2.51. The molecule has 4 nitrogen and oxygen atoms in total. The smallest absolute Gasteiger partial charge is 0.335 e. The summed E-state index contributed by atoms with van der Waals surface area (Å²) in [6.45, 7) is 11.2. The molecule has 0 aromatic carbocycles. The van der Waals surface area contributed by atoms with E-state index >= 15 is 0 Å². The first-order valence-corrected chi connectivity index (χ1v) is 3.93. The van der Waals surface area contributed by atoms with Crippen LogP contribution in [0.25, 0.3) is 0 Å². The maximum Gasteiger partial charge on any atom is 0.335 e. The lowest BCUT2D eigenvalue weighted by Gasteiger charge is -1.85. The standard InChI is InChI=1S/C7H8O2.C4H6O2/c1-3-4-5-6(2)7(8)9;1-3(2)4(5)6/h3-5H,1-2H2,(H,8,9);1H2,2H3,(H,5,6). The van der Waals surface area contributed by atoms with Crippen molar-refractivity contribution in [3.63, 3.8) is 0 Å². The van der Waals surface area contributed by atoms with Crippen molar-refractivity contribution in [1.82, 2.24) is 0 Å². The molecule has 0 amide bonds. The topological polar surface area (TPSA) is 74.6 Å². The first kappa shape index (κ1) is 15.4. The van der Waals surface area contributed by atoms with Crippen molar-refractivity contribution >= 4 is 11.9 Å². The molecule has 0 fully saturated rings. The lowest BCUT2D eigenvalue weighted by atomic mass is 10.3. The number of carboxylic acid groups (broad SMARTS) is 2. The van der Waals surface area contributed by atoms with E-state index in [0.29, 0.717) is 0 Å². The van der Waals surface area contributed by atoms with Crippen molar-refractivity contribution in [2.45, 2.75) is 6.92 Å². The normalized spacial score (nSPS) is 8.60. The van der Waals surface area contributed by atoms with Gasteiger partial charge >= 0.3 is 11.9 Å². The predicted octanol–water partition coefficient (Wildman–Crippen LogP) is 2.02. The van der Waals surface area contributed by atoms with E-state index in [-0.39, 0.29) is 11.1 Å². The van der Waals surface area contributed by atoms with Crippen molar-refractivity contribution in [2.75, 3.05) is 0 Å². The molecule has 0 saturated carbocycles. The third-order valence-electron chi connectivity index (χ3n) is 1.07. The van der Waals surface area contributed by atoms with Gasteiger partial charge in [-0.05, 0) is 13.0 Å². The van der Waals surface area contributed by atoms with Crippen LogP contribution in [0.5, 0.6) is 0 Å². The Morgan fingerprint density at radius 3 is 1.73 bits per heavy atom. The molecule has 2 N–H and O–H groups in total. The fourth-order valence-electron chi connectivity index (χ4n) is 0.255. The van der Waals surface area contributed by atoms with E-state index in [0.717, 1.165) is 0 Å². The lowest BCUT2D eigenvalue weighted by Crippen LogP contribution is -1.94. The first-order valence-electron chi connectivity index (χ1n) is 3.93. The summed E-state index contributed by atoms with van der Waals surface area (Å²) in [6, 6.07) is 0. The van der Waals surface area contributed by atoms with Gasteiger partial charge in [0, 0.05) is 5.57 Å². The van der Waals surface area contributed by atoms with E-state index in [1.165, 1.54) is 25.2 Å². The summed E-state index contributed by atoms with van der Waals surface area (Å²) >= 11 is 0. The summed E-state index contributed by atoms with van der Waals surface area (Å²) in [5.41, 5.74) is 0.241. The number of carboxylic acids is 2. The van der Waals surface area contributed by atoms with E-state index in [1.54, 1.807) is 0 Å². The van der Waals surface area contributed by atoms with Crippen molar-refractivity contribution < 1.29 is 19.8 Å². The molecule has 0 bridgehead atoms. The van der Waals surface area contributed by atoms with Crippen LogP contribution in [0.15, 0.2) is 49.1 Å². The molecule has 0 aromatic rings. The van der Waals surface area contributed by atoms with Crippen molar-refractivity contribution in [3.05, 3.63) is 49.1 Å². The highest BCUT2D eigenvalue weighted by Crippen LogP contribution is 1.91. The highest BCUT2D eigenvalue weighted by Gasteiger charge is 1.95. The Balaban J connectivity index is 0. The minimum atomic E-state index is -1.01. The molecular formula is C11H14O4. The van der Waals surface area contributed by atoms with Gasteiger partial charge in [-0.2, -0.15) is 0 Å². The Morgan fingerprint density at radius 1 is 1.13 bits per heavy atom. The van der Waals surface area contributed by atoms with E-state index in [9.17, 15) is 9.59 Å². The van der Waals surface area contributed by atoms with Gasteiger partial charge in [-0.25, -0.2) is 9.59 Å². The summed E-state index contributed by atoms with van der Waals surface area (Å²) in [7, 11) is 0. The molecular weight excluding hydrogens is 196 g/mol. The van der Waals surface area contributed by atoms with Gasteiger partial charge in [0.1, 0.15) is 0 Å². The summed E-state index contributed by atoms with van der Waals surface area (Å²) in [4.78, 5) is 19.6. The van der Waals surface area contributed by atoms with Crippen LogP contribution in [0.4, 0.5) is 0 Å². The minimum absolute atomic E-state index is 0.0647. The largest absolute Gasteiger partial charge is 0.478 e. The quantitative estimate of drug-likeness (QED) is 0.549. The van der Waals surface area contributed by atoms with Crippen LogP contribution in [0.1, 0.15) is 6.92 Å². The average Bonchev–Trinajstić information content (AvgIpc) is 2.14. The molecule has 0 saturated heterocycles. The molecule has 0 aliphatic rings. The number of rotatable bonds is 4. The first-order chi connectivity index (χ1) is 6.82. The van der Waals surface area contributed by atoms with Crippen LogP contribution in [-0.4, -0.2) is 22.2 Å². The molecule has 0 aromatic heterocycles. The van der Waals surface area contributed by atoms with Gasteiger partial charge in [-0.3, -0.25) is 0 Å². The van der Waals surface area contributed by atoms with Crippen LogP contribution in [-0.2, 0) is 9.59 Å². The van der Waals surface area contributed by atoms with Gasteiger partial charge in [0.15, 0.2) is 0 Å². The Bertz CT molecular complexity index is 299. The summed E-state index contributed by atoms with van der Waals surface area (Å²) in [5.74, 6) is -1.94. The third-order valence-corrected chi connectivity index (χ3v) is 1.07. The SMILES string of the molecule is C=C(C)C(=O)O.C=CC=CC(=C)C(=O)O. The molecule has 0 heterocycles.